The molecule has 1 aliphatic carbocycles. The van der Waals surface area contributed by atoms with Crippen LogP contribution < -0.4 is 5.32 Å². The SMILES string of the molecule is Cc1cccc2ccc(CC(=O)[C@@H]3C[C@H]3c3ccc(S(=O)(=O)Cc4ncc(C5CCNCC5)s4)cc3)cc12. The largest absolute Gasteiger partial charge is 0.317 e. The van der Waals surface area contributed by atoms with Crippen LogP contribution >= 0.6 is 11.3 Å². The second-order valence-corrected chi connectivity index (χ2v) is 13.9. The van der Waals surface area contributed by atoms with E-state index < -0.39 is 9.84 Å². The normalized spacial score (nSPS) is 20.0. The highest BCUT2D eigenvalue weighted by atomic mass is 32.2. The maximum Gasteiger partial charge on any atom is 0.184 e. The molecule has 0 unspecified atom stereocenters. The van der Waals surface area contributed by atoms with Crippen LogP contribution in [0.5, 0.6) is 0 Å². The highest BCUT2D eigenvalue weighted by Gasteiger charge is 2.43. The van der Waals surface area contributed by atoms with Crippen LogP contribution in [0, 0.1) is 12.8 Å². The lowest BCUT2D eigenvalue weighted by molar-refractivity contribution is -0.119. The topological polar surface area (TPSA) is 76.1 Å². The Morgan fingerprint density at radius 1 is 1.05 bits per heavy atom. The van der Waals surface area contributed by atoms with Crippen molar-refractivity contribution in [1.82, 2.24) is 10.3 Å². The molecule has 2 atom stereocenters. The summed E-state index contributed by atoms with van der Waals surface area (Å²) >= 11 is 1.53. The fraction of sp³-hybridized carbons (Fsp3) is 0.355. The van der Waals surface area contributed by atoms with E-state index in [2.05, 4.69) is 53.6 Å². The van der Waals surface area contributed by atoms with Crippen LogP contribution in [0.3, 0.4) is 0 Å². The van der Waals surface area contributed by atoms with Gasteiger partial charge in [0.1, 0.15) is 16.5 Å². The second kappa shape index (κ2) is 10.4. The Hall–Kier alpha value is -2.87. The number of hydrogen-bond donors (Lipinski definition) is 1. The van der Waals surface area contributed by atoms with Gasteiger partial charge in [-0.05, 0) is 90.7 Å². The zero-order chi connectivity index (χ0) is 26.3. The van der Waals surface area contributed by atoms with Crippen molar-refractivity contribution in [3.05, 3.63) is 93.4 Å². The van der Waals surface area contributed by atoms with Gasteiger partial charge in [-0.25, -0.2) is 13.4 Å². The first-order valence-electron chi connectivity index (χ1n) is 13.4. The van der Waals surface area contributed by atoms with E-state index >= 15 is 0 Å². The van der Waals surface area contributed by atoms with Crippen LogP contribution in [0.15, 0.2) is 71.8 Å². The third-order valence-electron chi connectivity index (χ3n) is 8.04. The number of nitrogens with zero attached hydrogens (tertiary/aromatic N) is 1. The van der Waals surface area contributed by atoms with Crippen molar-refractivity contribution in [3.63, 3.8) is 0 Å². The first kappa shape index (κ1) is 25.4. The minimum absolute atomic E-state index is 0.00810. The summed E-state index contributed by atoms with van der Waals surface area (Å²) in [5.41, 5.74) is 3.31. The average molecular weight is 545 g/mol. The van der Waals surface area contributed by atoms with Crippen molar-refractivity contribution < 1.29 is 13.2 Å². The maximum absolute atomic E-state index is 13.1. The predicted octanol–water partition coefficient (Wildman–Crippen LogP) is 5.96. The number of aryl methyl sites for hydroxylation is 1. The first-order chi connectivity index (χ1) is 18.4. The number of fused-ring (bicyclic) bond motifs is 1. The lowest BCUT2D eigenvalue weighted by atomic mass is 9.97. The van der Waals surface area contributed by atoms with Gasteiger partial charge in [0.05, 0.1) is 4.90 Å². The van der Waals surface area contributed by atoms with Gasteiger partial charge in [-0.3, -0.25) is 4.79 Å². The van der Waals surface area contributed by atoms with E-state index in [-0.39, 0.29) is 23.4 Å². The third kappa shape index (κ3) is 5.33. The van der Waals surface area contributed by atoms with E-state index in [9.17, 15) is 13.2 Å². The number of benzene rings is 3. The number of hydrogen-bond acceptors (Lipinski definition) is 6. The van der Waals surface area contributed by atoms with E-state index in [4.69, 9.17) is 0 Å². The average Bonchev–Trinajstić information content (AvgIpc) is 3.61. The number of thiazole rings is 1. The molecule has 7 heteroatoms. The predicted molar refractivity (Wildman–Crippen MR) is 153 cm³/mol. The summed E-state index contributed by atoms with van der Waals surface area (Å²) in [4.78, 5) is 18.9. The van der Waals surface area contributed by atoms with Crippen molar-refractivity contribution >= 4 is 37.7 Å². The van der Waals surface area contributed by atoms with Gasteiger partial charge in [0.25, 0.3) is 0 Å². The Morgan fingerprint density at radius 2 is 1.84 bits per heavy atom. The second-order valence-electron chi connectivity index (χ2n) is 10.7. The molecule has 0 spiro atoms. The summed E-state index contributed by atoms with van der Waals surface area (Å²) in [6, 6.07) is 19.7. The number of nitrogens with one attached hydrogen (secondary N) is 1. The van der Waals surface area contributed by atoms with Crippen molar-refractivity contribution in [2.24, 2.45) is 5.92 Å². The number of carbonyl (C=O) groups excluding carboxylic acids is 1. The summed E-state index contributed by atoms with van der Waals surface area (Å²) < 4.78 is 26.2. The molecular formula is C31H32N2O3S2. The van der Waals surface area contributed by atoms with Gasteiger partial charge in [-0.1, -0.05) is 48.5 Å². The molecule has 1 N–H and O–H groups in total. The van der Waals surface area contributed by atoms with Crippen molar-refractivity contribution in [3.8, 4) is 0 Å². The summed E-state index contributed by atoms with van der Waals surface area (Å²) in [5.74, 6) is 0.844. The molecule has 38 heavy (non-hydrogen) atoms. The fourth-order valence-corrected chi connectivity index (χ4v) is 8.40. The molecule has 1 aliphatic heterocycles. The summed E-state index contributed by atoms with van der Waals surface area (Å²) in [6.45, 7) is 4.09. The molecule has 1 saturated carbocycles. The van der Waals surface area contributed by atoms with Crippen LogP contribution in [0.4, 0.5) is 0 Å². The monoisotopic (exact) mass is 544 g/mol. The van der Waals surface area contributed by atoms with Crippen LogP contribution in [-0.2, 0) is 26.8 Å². The molecule has 0 bridgehead atoms. The zero-order valence-corrected chi connectivity index (χ0v) is 23.2. The van der Waals surface area contributed by atoms with E-state index in [0.717, 1.165) is 43.5 Å². The molecule has 2 heterocycles. The minimum Gasteiger partial charge on any atom is -0.317 e. The van der Waals surface area contributed by atoms with Gasteiger partial charge in [0.2, 0.25) is 0 Å². The van der Waals surface area contributed by atoms with E-state index in [1.54, 1.807) is 12.1 Å². The lowest BCUT2D eigenvalue weighted by Gasteiger charge is -2.20. The van der Waals surface area contributed by atoms with E-state index in [1.165, 1.54) is 32.5 Å². The molecular weight excluding hydrogens is 512 g/mol. The lowest BCUT2D eigenvalue weighted by Crippen LogP contribution is -2.26. The number of ketones is 1. The molecule has 196 valence electrons. The Labute approximate surface area is 228 Å². The third-order valence-corrected chi connectivity index (χ3v) is 11.0. The summed E-state index contributed by atoms with van der Waals surface area (Å²) in [5, 5.41) is 6.41. The zero-order valence-electron chi connectivity index (χ0n) is 21.5. The molecule has 4 aromatic rings. The number of carbonyl (C=O) groups is 1. The quantitative estimate of drug-likeness (QED) is 0.296. The minimum atomic E-state index is -3.48. The molecule has 3 aromatic carbocycles. The summed E-state index contributed by atoms with van der Waals surface area (Å²) in [7, 11) is -3.48. The van der Waals surface area contributed by atoms with Gasteiger partial charge in [-0.15, -0.1) is 11.3 Å². The van der Waals surface area contributed by atoms with Gasteiger partial charge in [-0.2, -0.15) is 0 Å². The Bertz CT molecular complexity index is 1590. The van der Waals surface area contributed by atoms with Crippen LogP contribution in [0.25, 0.3) is 10.8 Å². The Morgan fingerprint density at radius 3 is 2.63 bits per heavy atom. The Kier molecular flexibility index (Phi) is 6.93. The van der Waals surface area contributed by atoms with Crippen LogP contribution in [0.1, 0.15) is 57.7 Å². The molecule has 5 nitrogen and oxygen atoms in total. The van der Waals surface area contributed by atoms with Gasteiger partial charge >= 0.3 is 0 Å². The number of aromatic nitrogens is 1. The molecule has 1 aromatic heterocycles. The molecule has 0 amide bonds. The number of sulfone groups is 1. The molecule has 2 fully saturated rings. The van der Waals surface area contributed by atoms with Crippen LogP contribution in [-0.4, -0.2) is 32.3 Å². The standard InChI is InChI=1S/C31H32N2O3S2/c1-20-3-2-4-22-6-5-21(15-26(20)22)16-29(34)28-17-27(28)23-7-9-25(10-8-23)38(35,36)19-31-33-18-30(37-31)24-11-13-32-14-12-24/h2-10,15,18,24,27-28,32H,11-14,16-17,19H2,1H3/t27-,28+/m0/s1. The summed E-state index contributed by atoms with van der Waals surface area (Å²) in [6.07, 6.45) is 5.27. The first-order valence-corrected chi connectivity index (χ1v) is 15.8. The number of rotatable bonds is 8. The van der Waals surface area contributed by atoms with Crippen molar-refractivity contribution in [2.45, 2.75) is 55.1 Å². The molecule has 0 radical (unpaired) electrons. The smallest absolute Gasteiger partial charge is 0.184 e. The van der Waals surface area contributed by atoms with Crippen LogP contribution in [0.2, 0.25) is 0 Å². The highest BCUT2D eigenvalue weighted by Crippen LogP contribution is 2.48. The van der Waals surface area contributed by atoms with Gasteiger partial charge < -0.3 is 5.32 Å². The van der Waals surface area contributed by atoms with Crippen molar-refractivity contribution in [1.29, 1.82) is 0 Å². The van der Waals surface area contributed by atoms with Gasteiger partial charge in [0, 0.05) is 23.4 Å². The molecule has 6 rings (SSSR count). The number of piperidine rings is 1. The van der Waals surface area contributed by atoms with E-state index in [0.29, 0.717) is 22.2 Å². The molecule has 1 saturated heterocycles. The number of Topliss-reactive ketones (excluding diaryl/α,β-unsaturated/α-hetero) is 1. The Balaban J connectivity index is 1.08. The van der Waals surface area contributed by atoms with Gasteiger partial charge in [0.15, 0.2) is 9.84 Å². The highest BCUT2D eigenvalue weighted by molar-refractivity contribution is 7.90. The maximum atomic E-state index is 13.1. The fourth-order valence-electron chi connectivity index (χ4n) is 5.69. The molecule has 2 aliphatic rings. The van der Waals surface area contributed by atoms with E-state index in [1.807, 2.05) is 18.3 Å². The van der Waals surface area contributed by atoms with Crippen molar-refractivity contribution in [2.75, 3.05) is 13.1 Å².